The number of nitrogens with zero attached hydrogens (tertiary/aromatic N) is 1. The lowest BCUT2D eigenvalue weighted by molar-refractivity contribution is 0.0906. The van der Waals surface area contributed by atoms with Crippen LogP contribution in [0.1, 0.15) is 47.7 Å². The number of ether oxygens (including phenoxy) is 1. The lowest BCUT2D eigenvalue weighted by atomic mass is 10.1. The molecule has 1 unspecified atom stereocenters. The molecule has 3 rings (SSSR count). The summed E-state index contributed by atoms with van der Waals surface area (Å²) in [7, 11) is 1.64. The molecule has 5 nitrogen and oxygen atoms in total. The van der Waals surface area contributed by atoms with Crippen molar-refractivity contribution in [1.29, 1.82) is 0 Å². The van der Waals surface area contributed by atoms with Crippen molar-refractivity contribution in [3.8, 4) is 5.75 Å². The van der Waals surface area contributed by atoms with Crippen molar-refractivity contribution in [3.63, 3.8) is 0 Å². The summed E-state index contributed by atoms with van der Waals surface area (Å²) < 4.78 is 24.7. The predicted octanol–water partition coefficient (Wildman–Crippen LogP) is 5.16. The molecular formula is C25H29FN2O3. The fourth-order valence-corrected chi connectivity index (χ4v) is 3.25. The van der Waals surface area contributed by atoms with E-state index in [-0.39, 0.29) is 17.8 Å². The Morgan fingerprint density at radius 2 is 1.81 bits per heavy atom. The van der Waals surface area contributed by atoms with Crippen molar-refractivity contribution in [3.05, 3.63) is 89.1 Å². The Hall–Kier alpha value is -3.12. The molecule has 0 aliphatic rings. The number of hydrogen-bond acceptors (Lipinski definition) is 4. The summed E-state index contributed by atoms with van der Waals surface area (Å²) in [6, 6.07) is 18.0. The molecule has 0 saturated heterocycles. The summed E-state index contributed by atoms with van der Waals surface area (Å²) in [5.41, 5.74) is 1.97. The van der Waals surface area contributed by atoms with Gasteiger partial charge in [0.25, 0.3) is 5.91 Å². The molecule has 1 atom stereocenters. The van der Waals surface area contributed by atoms with Crippen LogP contribution in [0.15, 0.2) is 65.1 Å². The zero-order valence-corrected chi connectivity index (χ0v) is 18.2. The van der Waals surface area contributed by atoms with E-state index in [4.69, 9.17) is 9.15 Å². The molecule has 2 aromatic carbocycles. The number of hydrogen-bond donors (Lipinski definition) is 1. The maximum atomic E-state index is 13.7. The minimum Gasteiger partial charge on any atom is -0.497 e. The van der Waals surface area contributed by atoms with Crippen LogP contribution in [0.3, 0.4) is 0 Å². The average molecular weight is 425 g/mol. The van der Waals surface area contributed by atoms with Crippen LogP contribution in [0, 0.1) is 5.82 Å². The minimum atomic E-state index is -0.260. The molecule has 3 aromatic rings. The van der Waals surface area contributed by atoms with Crippen LogP contribution >= 0.6 is 0 Å². The minimum absolute atomic E-state index is 0.0839. The van der Waals surface area contributed by atoms with Crippen molar-refractivity contribution in [2.75, 3.05) is 7.11 Å². The number of rotatable bonds is 10. The molecule has 164 valence electrons. The zero-order valence-electron chi connectivity index (χ0n) is 18.2. The van der Waals surface area contributed by atoms with E-state index >= 15 is 0 Å². The summed E-state index contributed by atoms with van der Waals surface area (Å²) in [4.78, 5) is 14.5. The van der Waals surface area contributed by atoms with Gasteiger partial charge in [0.2, 0.25) is 0 Å². The lowest BCUT2D eigenvalue weighted by Crippen LogP contribution is -2.31. The van der Waals surface area contributed by atoms with Gasteiger partial charge in [-0.2, -0.15) is 0 Å². The van der Waals surface area contributed by atoms with Crippen LogP contribution in [0.5, 0.6) is 5.75 Å². The first-order chi connectivity index (χ1) is 15.0. The van der Waals surface area contributed by atoms with Crippen LogP contribution in [0.25, 0.3) is 0 Å². The summed E-state index contributed by atoms with van der Waals surface area (Å²) in [5.74, 6) is 1.30. The highest BCUT2D eigenvalue weighted by molar-refractivity contribution is 5.91. The average Bonchev–Trinajstić information content (AvgIpc) is 3.23. The third kappa shape index (κ3) is 6.69. The third-order valence-corrected chi connectivity index (χ3v) is 5.12. The summed E-state index contributed by atoms with van der Waals surface area (Å²) in [5, 5.41) is 2.91. The first-order valence-electron chi connectivity index (χ1n) is 10.5. The summed E-state index contributed by atoms with van der Waals surface area (Å²) >= 11 is 0. The van der Waals surface area contributed by atoms with Gasteiger partial charge in [-0.3, -0.25) is 9.69 Å². The quantitative estimate of drug-likeness (QED) is 0.489. The van der Waals surface area contributed by atoms with Crippen molar-refractivity contribution < 1.29 is 18.3 Å². The van der Waals surface area contributed by atoms with E-state index in [2.05, 4.69) is 10.2 Å². The van der Waals surface area contributed by atoms with Gasteiger partial charge in [-0.1, -0.05) is 31.2 Å². The van der Waals surface area contributed by atoms with Gasteiger partial charge in [0, 0.05) is 19.1 Å². The third-order valence-electron chi connectivity index (χ3n) is 5.12. The van der Waals surface area contributed by atoms with Crippen molar-refractivity contribution in [2.45, 2.75) is 45.9 Å². The number of carbonyl (C=O) groups excluding carboxylic acids is 1. The number of nitrogens with one attached hydrogen (secondary N) is 1. The number of halogens is 1. The molecule has 0 spiro atoms. The van der Waals surface area contributed by atoms with E-state index in [1.807, 2.05) is 50.2 Å². The molecule has 1 N–H and O–H groups in total. The Labute approximate surface area is 182 Å². The van der Waals surface area contributed by atoms with Crippen molar-refractivity contribution in [1.82, 2.24) is 10.2 Å². The first-order valence-corrected chi connectivity index (χ1v) is 10.5. The second kappa shape index (κ2) is 10.8. The Morgan fingerprint density at radius 3 is 2.48 bits per heavy atom. The van der Waals surface area contributed by atoms with Gasteiger partial charge in [-0.25, -0.2) is 4.39 Å². The summed E-state index contributed by atoms with van der Waals surface area (Å²) in [6.07, 6.45) is 0.850. The SMILES string of the molecule is CCC(C)NC(=O)c1ccc(CN(Cc2ccc(OC)cc2)Cc2cccc(F)c2)o1. The maximum Gasteiger partial charge on any atom is 0.287 e. The second-order valence-electron chi connectivity index (χ2n) is 7.67. The highest BCUT2D eigenvalue weighted by Crippen LogP contribution is 2.19. The van der Waals surface area contributed by atoms with Gasteiger partial charge in [0.05, 0.1) is 13.7 Å². The van der Waals surface area contributed by atoms with Gasteiger partial charge >= 0.3 is 0 Å². The Balaban J connectivity index is 1.75. The fraction of sp³-hybridized carbons (Fsp3) is 0.320. The number of benzene rings is 2. The standard InChI is InChI=1S/C25H29FN2O3/c1-4-18(2)27-25(29)24-13-12-23(31-24)17-28(16-20-6-5-7-21(26)14-20)15-19-8-10-22(30-3)11-9-19/h5-14,18H,4,15-17H2,1-3H3,(H,27,29). The van der Waals surface area contributed by atoms with Crippen LogP contribution < -0.4 is 10.1 Å². The molecule has 0 radical (unpaired) electrons. The van der Waals surface area contributed by atoms with Crippen molar-refractivity contribution in [2.24, 2.45) is 0 Å². The van der Waals surface area contributed by atoms with E-state index in [9.17, 15) is 9.18 Å². The monoisotopic (exact) mass is 424 g/mol. The second-order valence-corrected chi connectivity index (χ2v) is 7.67. The number of carbonyl (C=O) groups is 1. The topological polar surface area (TPSA) is 54.7 Å². The molecule has 0 saturated carbocycles. The van der Waals surface area contributed by atoms with Gasteiger partial charge in [-0.05, 0) is 60.9 Å². The van der Waals surface area contributed by atoms with E-state index in [0.717, 1.165) is 23.3 Å². The number of furan rings is 1. The first kappa shape index (κ1) is 22.6. The van der Waals surface area contributed by atoms with Crippen molar-refractivity contribution >= 4 is 5.91 Å². The molecular weight excluding hydrogens is 395 g/mol. The Bertz CT molecular complexity index is 984. The van der Waals surface area contributed by atoms with Gasteiger partial charge < -0.3 is 14.5 Å². The van der Waals surface area contributed by atoms with E-state index in [0.29, 0.717) is 31.2 Å². The van der Waals surface area contributed by atoms with E-state index in [1.54, 1.807) is 19.2 Å². The normalized spacial score (nSPS) is 12.0. The summed E-state index contributed by atoms with van der Waals surface area (Å²) in [6.45, 7) is 5.63. The largest absolute Gasteiger partial charge is 0.497 e. The Morgan fingerprint density at radius 1 is 1.06 bits per heavy atom. The number of methoxy groups -OCH3 is 1. The highest BCUT2D eigenvalue weighted by Gasteiger charge is 2.16. The zero-order chi connectivity index (χ0) is 22.2. The van der Waals surface area contributed by atoms with Gasteiger partial charge in [-0.15, -0.1) is 0 Å². The molecule has 0 fully saturated rings. The highest BCUT2D eigenvalue weighted by atomic mass is 19.1. The molecule has 6 heteroatoms. The van der Waals surface area contributed by atoms with E-state index < -0.39 is 0 Å². The van der Waals surface area contributed by atoms with Crippen LogP contribution in [0.2, 0.25) is 0 Å². The lowest BCUT2D eigenvalue weighted by Gasteiger charge is -2.22. The van der Waals surface area contributed by atoms with Crippen LogP contribution in [-0.4, -0.2) is 24.0 Å². The molecule has 1 heterocycles. The van der Waals surface area contributed by atoms with Gasteiger partial charge in [0.1, 0.15) is 17.3 Å². The molecule has 0 aliphatic heterocycles. The maximum absolute atomic E-state index is 13.7. The van der Waals surface area contributed by atoms with Crippen LogP contribution in [0.4, 0.5) is 4.39 Å². The molecule has 1 amide bonds. The molecule has 31 heavy (non-hydrogen) atoms. The molecule has 0 bridgehead atoms. The number of amides is 1. The Kier molecular flexibility index (Phi) is 7.84. The smallest absolute Gasteiger partial charge is 0.287 e. The van der Waals surface area contributed by atoms with Gasteiger partial charge in [0.15, 0.2) is 5.76 Å². The molecule has 0 aliphatic carbocycles. The predicted molar refractivity (Wildman–Crippen MR) is 118 cm³/mol. The fourth-order valence-electron chi connectivity index (χ4n) is 3.25. The van der Waals surface area contributed by atoms with E-state index in [1.165, 1.54) is 12.1 Å². The molecule has 1 aromatic heterocycles. The van der Waals surface area contributed by atoms with Crippen LogP contribution in [-0.2, 0) is 19.6 Å².